The van der Waals surface area contributed by atoms with Gasteiger partial charge in [-0.25, -0.2) is 0 Å². The Balaban J connectivity index is 2.38. The monoisotopic (exact) mass is 236 g/mol. The number of anilines is 1. The minimum atomic E-state index is 0.586. The van der Waals surface area contributed by atoms with Crippen LogP contribution >= 0.6 is 11.8 Å². The van der Waals surface area contributed by atoms with Gasteiger partial charge >= 0.3 is 0 Å². The van der Waals surface area contributed by atoms with Crippen LogP contribution in [0.15, 0.2) is 17.0 Å². The van der Waals surface area contributed by atoms with Crippen LogP contribution in [0.1, 0.15) is 17.5 Å². The minimum absolute atomic E-state index is 0.586. The van der Waals surface area contributed by atoms with Gasteiger partial charge in [-0.2, -0.15) is 0 Å². The molecule has 0 aliphatic carbocycles. The number of hydrogen-bond acceptors (Lipinski definition) is 3. The molecule has 0 saturated carbocycles. The van der Waals surface area contributed by atoms with Crippen molar-refractivity contribution in [3.8, 4) is 0 Å². The van der Waals surface area contributed by atoms with Gasteiger partial charge in [0.15, 0.2) is 0 Å². The average Bonchev–Trinajstić information content (AvgIpc) is 2.27. The molecule has 0 amide bonds. The highest BCUT2D eigenvalue weighted by atomic mass is 32.2. The molecule has 0 fully saturated rings. The summed E-state index contributed by atoms with van der Waals surface area (Å²) in [6, 6.07) is 5.05. The number of nitrogens with zero attached hydrogens (tertiary/aromatic N) is 1. The maximum absolute atomic E-state index is 5.67. The minimum Gasteiger partial charge on any atom is -0.370 e. The standard InChI is InChI=1S/C13H20N2S/c1-9-4-5-12-13(10(9)2)15(3)11(6-7-14)8-16-12/h4-5,11H,6-8,14H2,1-3H3. The fraction of sp³-hybridized carbons (Fsp3) is 0.538. The van der Waals surface area contributed by atoms with Gasteiger partial charge in [-0.15, -0.1) is 11.8 Å². The molecule has 1 heterocycles. The maximum atomic E-state index is 5.67. The first kappa shape index (κ1) is 11.8. The second-order valence-electron chi connectivity index (χ2n) is 4.51. The molecule has 1 atom stereocenters. The first-order chi connectivity index (χ1) is 7.65. The van der Waals surface area contributed by atoms with E-state index >= 15 is 0 Å². The largest absolute Gasteiger partial charge is 0.370 e. The second-order valence-corrected chi connectivity index (χ2v) is 5.57. The Morgan fingerprint density at radius 1 is 1.44 bits per heavy atom. The Morgan fingerprint density at radius 2 is 2.19 bits per heavy atom. The second kappa shape index (κ2) is 4.68. The highest BCUT2D eigenvalue weighted by molar-refractivity contribution is 7.99. The molecular weight excluding hydrogens is 216 g/mol. The molecule has 1 unspecified atom stereocenters. The first-order valence-electron chi connectivity index (χ1n) is 5.81. The number of rotatable bonds is 2. The number of nitrogens with two attached hydrogens (primary N) is 1. The Kier molecular flexibility index (Phi) is 3.45. The zero-order valence-electron chi connectivity index (χ0n) is 10.3. The third-order valence-corrected chi connectivity index (χ3v) is 4.69. The summed E-state index contributed by atoms with van der Waals surface area (Å²) in [5, 5.41) is 0. The number of thioether (sulfide) groups is 1. The Bertz CT molecular complexity index is 390. The van der Waals surface area contributed by atoms with Crippen LogP contribution in [0.5, 0.6) is 0 Å². The van der Waals surface area contributed by atoms with Gasteiger partial charge in [0.05, 0.1) is 5.69 Å². The third-order valence-electron chi connectivity index (χ3n) is 3.50. The van der Waals surface area contributed by atoms with Crippen molar-refractivity contribution in [3.63, 3.8) is 0 Å². The summed E-state index contributed by atoms with van der Waals surface area (Å²) in [4.78, 5) is 3.83. The van der Waals surface area contributed by atoms with Crippen molar-refractivity contribution < 1.29 is 0 Å². The van der Waals surface area contributed by atoms with Crippen LogP contribution in [0, 0.1) is 13.8 Å². The molecule has 1 aromatic rings. The molecule has 1 aliphatic heterocycles. The van der Waals surface area contributed by atoms with Crippen LogP contribution in [0.3, 0.4) is 0 Å². The molecule has 0 saturated heterocycles. The van der Waals surface area contributed by atoms with E-state index in [9.17, 15) is 0 Å². The molecule has 88 valence electrons. The smallest absolute Gasteiger partial charge is 0.0536 e. The van der Waals surface area contributed by atoms with Crippen LogP contribution in [0.25, 0.3) is 0 Å². The lowest BCUT2D eigenvalue weighted by molar-refractivity contribution is 0.632. The van der Waals surface area contributed by atoms with Gasteiger partial charge in [-0.05, 0) is 44.0 Å². The Labute approximate surface area is 102 Å². The Hall–Kier alpha value is -0.670. The van der Waals surface area contributed by atoms with Gasteiger partial charge in [0.1, 0.15) is 0 Å². The molecule has 16 heavy (non-hydrogen) atoms. The van der Waals surface area contributed by atoms with Crippen molar-refractivity contribution in [1.82, 2.24) is 0 Å². The van der Waals surface area contributed by atoms with Gasteiger partial charge in [0.25, 0.3) is 0 Å². The SMILES string of the molecule is Cc1ccc2c(c1C)N(C)C(CCN)CS2. The van der Waals surface area contributed by atoms with Crippen molar-refractivity contribution >= 4 is 17.4 Å². The average molecular weight is 236 g/mol. The van der Waals surface area contributed by atoms with Gasteiger partial charge in [-0.3, -0.25) is 0 Å². The van der Waals surface area contributed by atoms with E-state index in [1.807, 2.05) is 11.8 Å². The van der Waals surface area contributed by atoms with E-state index in [-0.39, 0.29) is 0 Å². The van der Waals surface area contributed by atoms with Crippen molar-refractivity contribution in [3.05, 3.63) is 23.3 Å². The molecule has 2 nitrogen and oxygen atoms in total. The summed E-state index contributed by atoms with van der Waals surface area (Å²) in [7, 11) is 2.20. The first-order valence-corrected chi connectivity index (χ1v) is 6.79. The van der Waals surface area contributed by atoms with Crippen molar-refractivity contribution in [2.45, 2.75) is 31.2 Å². The lowest BCUT2D eigenvalue weighted by Gasteiger charge is -2.37. The quantitative estimate of drug-likeness (QED) is 0.855. The van der Waals surface area contributed by atoms with E-state index in [0.717, 1.165) is 18.7 Å². The lowest BCUT2D eigenvalue weighted by Crippen LogP contribution is -2.38. The number of benzene rings is 1. The van der Waals surface area contributed by atoms with E-state index in [1.165, 1.54) is 21.7 Å². The van der Waals surface area contributed by atoms with Gasteiger partial charge in [-0.1, -0.05) is 6.07 Å². The Morgan fingerprint density at radius 3 is 2.88 bits per heavy atom. The number of aryl methyl sites for hydroxylation is 1. The molecular formula is C13H20N2S. The van der Waals surface area contributed by atoms with E-state index in [1.54, 1.807) is 0 Å². The third kappa shape index (κ3) is 1.94. The zero-order valence-corrected chi connectivity index (χ0v) is 11.1. The predicted octanol–water partition coefficient (Wildman–Crippen LogP) is 2.56. The predicted molar refractivity (Wildman–Crippen MR) is 72.5 cm³/mol. The van der Waals surface area contributed by atoms with Crippen LogP contribution < -0.4 is 10.6 Å². The molecule has 1 aliphatic rings. The zero-order chi connectivity index (χ0) is 11.7. The van der Waals surface area contributed by atoms with Crippen LogP contribution in [0.4, 0.5) is 5.69 Å². The molecule has 0 bridgehead atoms. The molecule has 0 spiro atoms. The number of fused-ring (bicyclic) bond motifs is 1. The van der Waals surface area contributed by atoms with Crippen LogP contribution in [-0.4, -0.2) is 25.4 Å². The van der Waals surface area contributed by atoms with Crippen molar-refractivity contribution in [1.29, 1.82) is 0 Å². The summed E-state index contributed by atoms with van der Waals surface area (Å²) in [5.41, 5.74) is 9.87. The van der Waals surface area contributed by atoms with Gasteiger partial charge in [0, 0.05) is 23.7 Å². The fourth-order valence-electron chi connectivity index (χ4n) is 2.28. The summed E-state index contributed by atoms with van der Waals surface area (Å²) in [6.45, 7) is 5.17. The summed E-state index contributed by atoms with van der Waals surface area (Å²) < 4.78 is 0. The molecule has 0 radical (unpaired) electrons. The summed E-state index contributed by atoms with van der Waals surface area (Å²) in [6.07, 6.45) is 1.08. The lowest BCUT2D eigenvalue weighted by atomic mass is 10.1. The highest BCUT2D eigenvalue weighted by Crippen LogP contribution is 2.40. The maximum Gasteiger partial charge on any atom is 0.0536 e. The summed E-state index contributed by atoms with van der Waals surface area (Å²) in [5.74, 6) is 1.16. The van der Waals surface area contributed by atoms with Crippen LogP contribution in [-0.2, 0) is 0 Å². The fourth-order valence-corrected chi connectivity index (χ4v) is 3.64. The van der Waals surface area contributed by atoms with E-state index in [4.69, 9.17) is 5.73 Å². The molecule has 3 heteroatoms. The van der Waals surface area contributed by atoms with Gasteiger partial charge in [0.2, 0.25) is 0 Å². The number of hydrogen-bond donors (Lipinski definition) is 1. The highest BCUT2D eigenvalue weighted by Gasteiger charge is 2.25. The molecule has 2 N–H and O–H groups in total. The van der Waals surface area contributed by atoms with E-state index in [0.29, 0.717) is 6.04 Å². The topological polar surface area (TPSA) is 29.3 Å². The van der Waals surface area contributed by atoms with Crippen molar-refractivity contribution in [2.75, 3.05) is 24.2 Å². The van der Waals surface area contributed by atoms with Crippen molar-refractivity contribution in [2.24, 2.45) is 5.73 Å². The van der Waals surface area contributed by atoms with E-state index < -0.39 is 0 Å². The normalized spacial score (nSPS) is 19.8. The van der Waals surface area contributed by atoms with Crippen LogP contribution in [0.2, 0.25) is 0 Å². The van der Waals surface area contributed by atoms with E-state index in [2.05, 4.69) is 37.9 Å². The van der Waals surface area contributed by atoms with Gasteiger partial charge < -0.3 is 10.6 Å². The molecule has 2 rings (SSSR count). The molecule has 0 aromatic heterocycles. The molecule has 1 aromatic carbocycles. The summed E-state index contributed by atoms with van der Waals surface area (Å²) >= 11 is 1.97.